The average molecular weight is 305 g/mol. The molecule has 0 heterocycles. The molecular formula is C12H16FNO5S. The lowest BCUT2D eigenvalue weighted by Crippen LogP contribution is -2.36. The van der Waals surface area contributed by atoms with Crippen LogP contribution in [0.15, 0.2) is 23.1 Å². The molecule has 1 aromatic rings. The summed E-state index contributed by atoms with van der Waals surface area (Å²) in [6, 6.07) is 2.03. The van der Waals surface area contributed by atoms with Crippen LogP contribution in [0, 0.1) is 5.82 Å². The molecule has 0 spiro atoms. The highest BCUT2D eigenvalue weighted by atomic mass is 32.2. The highest BCUT2D eigenvalue weighted by Crippen LogP contribution is 2.17. The third-order valence-corrected chi connectivity index (χ3v) is 4.00. The van der Waals surface area contributed by atoms with Gasteiger partial charge in [0.05, 0.1) is 12.2 Å². The van der Waals surface area contributed by atoms with E-state index in [1.54, 1.807) is 13.8 Å². The fourth-order valence-electron chi connectivity index (χ4n) is 1.50. The summed E-state index contributed by atoms with van der Waals surface area (Å²) in [5, 5.41) is 8.81. The minimum absolute atomic E-state index is 0.135. The second-order valence-electron chi connectivity index (χ2n) is 4.13. The molecule has 1 aromatic carbocycles. The van der Waals surface area contributed by atoms with Crippen LogP contribution in [-0.4, -0.2) is 38.7 Å². The smallest absolute Gasteiger partial charge is 0.335 e. The number of carboxylic acids is 1. The van der Waals surface area contributed by atoms with Gasteiger partial charge in [0.15, 0.2) is 0 Å². The molecule has 0 aliphatic heterocycles. The first-order valence-electron chi connectivity index (χ1n) is 5.91. The van der Waals surface area contributed by atoms with E-state index < -0.39 is 32.7 Å². The van der Waals surface area contributed by atoms with E-state index in [-0.39, 0.29) is 12.2 Å². The molecule has 20 heavy (non-hydrogen) atoms. The summed E-state index contributed by atoms with van der Waals surface area (Å²) in [7, 11) is -4.14. The van der Waals surface area contributed by atoms with Crippen LogP contribution in [0.2, 0.25) is 0 Å². The number of hydrogen-bond donors (Lipinski definition) is 2. The number of ether oxygens (including phenoxy) is 1. The predicted molar refractivity (Wildman–Crippen MR) is 69.6 cm³/mol. The number of halogens is 1. The Bertz CT molecular complexity index is 588. The van der Waals surface area contributed by atoms with Gasteiger partial charge in [0.2, 0.25) is 10.0 Å². The van der Waals surface area contributed by atoms with E-state index in [2.05, 4.69) is 4.72 Å². The lowest BCUT2D eigenvalue weighted by Gasteiger charge is -2.14. The lowest BCUT2D eigenvalue weighted by atomic mass is 10.2. The number of aromatic carboxylic acids is 1. The van der Waals surface area contributed by atoms with Crippen molar-refractivity contribution in [3.05, 3.63) is 29.6 Å². The average Bonchev–Trinajstić information content (AvgIpc) is 2.35. The first kappa shape index (κ1) is 16.5. The number of hydrogen-bond acceptors (Lipinski definition) is 4. The highest BCUT2D eigenvalue weighted by molar-refractivity contribution is 7.89. The molecule has 0 radical (unpaired) electrons. The summed E-state index contributed by atoms with van der Waals surface area (Å²) in [6.07, 6.45) is 0. The molecule has 0 aliphatic rings. The van der Waals surface area contributed by atoms with E-state index >= 15 is 0 Å². The molecule has 112 valence electrons. The Balaban J connectivity index is 3.03. The van der Waals surface area contributed by atoms with E-state index in [1.807, 2.05) is 0 Å². The fourth-order valence-corrected chi connectivity index (χ4v) is 2.83. The first-order chi connectivity index (χ1) is 9.27. The Kier molecular flexibility index (Phi) is 5.61. The Labute approximate surface area is 116 Å². The molecular weight excluding hydrogens is 289 g/mol. The normalized spacial score (nSPS) is 13.2. The number of nitrogens with one attached hydrogen (secondary N) is 1. The number of sulfonamides is 1. The molecule has 0 amide bonds. The highest BCUT2D eigenvalue weighted by Gasteiger charge is 2.23. The molecule has 0 fully saturated rings. The Morgan fingerprint density at radius 3 is 2.70 bits per heavy atom. The monoisotopic (exact) mass is 305 g/mol. The zero-order valence-corrected chi connectivity index (χ0v) is 11.9. The second kappa shape index (κ2) is 6.78. The van der Waals surface area contributed by atoms with E-state index in [0.717, 1.165) is 18.2 Å². The summed E-state index contributed by atoms with van der Waals surface area (Å²) in [5.74, 6) is -2.34. The predicted octanol–water partition coefficient (Wildman–Crippen LogP) is 1.23. The van der Waals surface area contributed by atoms with Gasteiger partial charge in [-0.25, -0.2) is 22.3 Å². The van der Waals surface area contributed by atoms with Crippen molar-refractivity contribution in [1.82, 2.24) is 4.72 Å². The Hall–Kier alpha value is -1.51. The lowest BCUT2D eigenvalue weighted by molar-refractivity contribution is 0.0696. The zero-order valence-electron chi connectivity index (χ0n) is 11.1. The van der Waals surface area contributed by atoms with Crippen molar-refractivity contribution in [2.75, 3.05) is 13.2 Å². The van der Waals surface area contributed by atoms with Crippen LogP contribution in [0.4, 0.5) is 4.39 Å². The minimum atomic E-state index is -4.14. The van der Waals surface area contributed by atoms with Crippen molar-refractivity contribution in [2.45, 2.75) is 24.8 Å². The maximum Gasteiger partial charge on any atom is 0.335 e. The van der Waals surface area contributed by atoms with Crippen molar-refractivity contribution in [3.8, 4) is 0 Å². The Morgan fingerprint density at radius 2 is 2.15 bits per heavy atom. The van der Waals surface area contributed by atoms with E-state index in [9.17, 15) is 17.6 Å². The van der Waals surface area contributed by atoms with E-state index in [4.69, 9.17) is 9.84 Å². The van der Waals surface area contributed by atoms with Crippen LogP contribution >= 0.6 is 0 Å². The topological polar surface area (TPSA) is 92.7 Å². The van der Waals surface area contributed by atoms with Crippen molar-refractivity contribution >= 4 is 16.0 Å². The van der Waals surface area contributed by atoms with Gasteiger partial charge < -0.3 is 9.84 Å². The van der Waals surface area contributed by atoms with Crippen LogP contribution in [0.3, 0.4) is 0 Å². The molecule has 0 aromatic heterocycles. The van der Waals surface area contributed by atoms with Crippen LogP contribution < -0.4 is 4.72 Å². The second-order valence-corrected chi connectivity index (χ2v) is 5.81. The van der Waals surface area contributed by atoms with Gasteiger partial charge in [-0.05, 0) is 32.0 Å². The van der Waals surface area contributed by atoms with Crippen LogP contribution in [0.25, 0.3) is 0 Å². The molecule has 0 saturated carbocycles. The number of benzene rings is 1. The number of carbonyl (C=O) groups is 1. The van der Waals surface area contributed by atoms with Gasteiger partial charge >= 0.3 is 5.97 Å². The molecule has 0 saturated heterocycles. The molecule has 6 nitrogen and oxygen atoms in total. The van der Waals surface area contributed by atoms with Crippen LogP contribution in [0.1, 0.15) is 24.2 Å². The van der Waals surface area contributed by atoms with Crippen LogP contribution in [-0.2, 0) is 14.8 Å². The molecule has 1 rings (SSSR count). The quantitative estimate of drug-likeness (QED) is 0.790. The number of rotatable bonds is 7. The van der Waals surface area contributed by atoms with E-state index in [1.165, 1.54) is 0 Å². The zero-order chi connectivity index (χ0) is 15.3. The summed E-state index contributed by atoms with van der Waals surface area (Å²) < 4.78 is 44.9. The molecule has 8 heteroatoms. The standard InChI is InChI=1S/C12H16FNO5S/c1-3-19-7-8(2)14-20(17,18)11-6-9(12(15)16)4-5-10(11)13/h4-6,8,14H,3,7H2,1-2H3,(H,15,16). The van der Waals surface area contributed by atoms with Gasteiger partial charge in [0.25, 0.3) is 0 Å². The van der Waals surface area contributed by atoms with Crippen LogP contribution in [0.5, 0.6) is 0 Å². The fraction of sp³-hybridized carbons (Fsp3) is 0.417. The molecule has 2 N–H and O–H groups in total. The van der Waals surface area contributed by atoms with Gasteiger partial charge in [0, 0.05) is 12.6 Å². The maximum atomic E-state index is 13.6. The maximum absolute atomic E-state index is 13.6. The summed E-state index contributed by atoms with van der Waals surface area (Å²) >= 11 is 0. The Morgan fingerprint density at radius 1 is 1.50 bits per heavy atom. The van der Waals surface area contributed by atoms with Crippen molar-refractivity contribution < 1.29 is 27.4 Å². The first-order valence-corrected chi connectivity index (χ1v) is 7.39. The number of carboxylic acid groups (broad SMARTS) is 1. The summed E-state index contributed by atoms with van der Waals surface area (Å²) in [4.78, 5) is 10.1. The van der Waals surface area contributed by atoms with Gasteiger partial charge in [0.1, 0.15) is 10.7 Å². The van der Waals surface area contributed by atoms with Gasteiger partial charge in [-0.2, -0.15) is 0 Å². The molecule has 0 aliphatic carbocycles. The third-order valence-electron chi connectivity index (χ3n) is 2.40. The van der Waals surface area contributed by atoms with Gasteiger partial charge in [-0.1, -0.05) is 0 Å². The van der Waals surface area contributed by atoms with Gasteiger partial charge in [-0.3, -0.25) is 0 Å². The van der Waals surface area contributed by atoms with Crippen molar-refractivity contribution in [2.24, 2.45) is 0 Å². The minimum Gasteiger partial charge on any atom is -0.478 e. The van der Waals surface area contributed by atoms with E-state index in [0.29, 0.717) is 6.61 Å². The molecule has 0 bridgehead atoms. The molecule has 1 atom stereocenters. The van der Waals surface area contributed by atoms with Gasteiger partial charge in [-0.15, -0.1) is 0 Å². The SMILES string of the molecule is CCOCC(C)NS(=O)(=O)c1cc(C(=O)O)ccc1F. The summed E-state index contributed by atoms with van der Waals surface area (Å²) in [6.45, 7) is 3.88. The largest absolute Gasteiger partial charge is 0.478 e. The van der Waals surface area contributed by atoms with Crippen molar-refractivity contribution in [1.29, 1.82) is 0 Å². The van der Waals surface area contributed by atoms with Crippen molar-refractivity contribution in [3.63, 3.8) is 0 Å². The third kappa shape index (κ3) is 4.26. The molecule has 1 unspecified atom stereocenters. The summed E-state index contributed by atoms with van der Waals surface area (Å²) in [5.41, 5.74) is -0.302.